The maximum absolute atomic E-state index is 5.23. The van der Waals surface area contributed by atoms with E-state index in [1.807, 2.05) is 0 Å². The molecule has 0 aromatic rings. The van der Waals surface area contributed by atoms with Crippen LogP contribution in [0.2, 0.25) is 0 Å². The van der Waals surface area contributed by atoms with Crippen molar-refractivity contribution in [3.63, 3.8) is 0 Å². The Labute approximate surface area is 68.8 Å². The average Bonchev–Trinajstić information content (AvgIpc) is 2.07. The Morgan fingerprint density at radius 3 is 2.73 bits per heavy atom. The number of rotatable bonds is 3. The molecule has 2 nitrogen and oxygen atoms in total. The molecule has 0 bridgehead atoms. The molecule has 1 rings (SSSR count). The van der Waals surface area contributed by atoms with Gasteiger partial charge in [-0.1, -0.05) is 19.4 Å². The molecule has 0 unspecified atom stereocenters. The first-order valence-corrected chi connectivity index (χ1v) is 4.42. The largest absolute Gasteiger partial charge is 0.378 e. The Morgan fingerprint density at radius 1 is 1.36 bits per heavy atom. The third-order valence-corrected chi connectivity index (χ3v) is 1.82. The highest BCUT2D eigenvalue weighted by molar-refractivity contribution is 4.83. The Bertz CT molecular complexity index is 117. The fourth-order valence-electron chi connectivity index (χ4n) is 1.12. The van der Waals surface area contributed by atoms with Crippen molar-refractivity contribution in [1.82, 2.24) is 4.90 Å². The van der Waals surface area contributed by atoms with Crippen LogP contribution in [0.15, 0.2) is 12.3 Å². The molecule has 0 saturated carbocycles. The molecule has 1 heterocycles. The first-order valence-electron chi connectivity index (χ1n) is 4.42. The standard InChI is InChI=1S/C9H17NO/c1-2-3-4-5-10-6-8-11-9-7-10/h4-5H,2-3,6-9H2,1H3/b5-4+. The van der Waals surface area contributed by atoms with Crippen molar-refractivity contribution in [3.05, 3.63) is 12.3 Å². The highest BCUT2D eigenvalue weighted by Crippen LogP contribution is 1.98. The lowest BCUT2D eigenvalue weighted by Crippen LogP contribution is -2.31. The Kier molecular flexibility index (Phi) is 4.06. The van der Waals surface area contributed by atoms with Crippen LogP contribution in [0.25, 0.3) is 0 Å². The summed E-state index contributed by atoms with van der Waals surface area (Å²) in [6.45, 7) is 6.08. The molecule has 1 aliphatic rings. The topological polar surface area (TPSA) is 12.5 Å². The molecule has 64 valence electrons. The number of ether oxygens (including phenoxy) is 1. The summed E-state index contributed by atoms with van der Waals surface area (Å²) in [5.74, 6) is 0. The van der Waals surface area contributed by atoms with E-state index < -0.39 is 0 Å². The van der Waals surface area contributed by atoms with Crippen LogP contribution < -0.4 is 0 Å². The van der Waals surface area contributed by atoms with E-state index in [9.17, 15) is 0 Å². The zero-order valence-electron chi connectivity index (χ0n) is 7.25. The molecule has 1 saturated heterocycles. The molecule has 1 fully saturated rings. The van der Waals surface area contributed by atoms with Crippen LogP contribution >= 0.6 is 0 Å². The molecule has 0 aliphatic carbocycles. The lowest BCUT2D eigenvalue weighted by molar-refractivity contribution is 0.0593. The second kappa shape index (κ2) is 5.19. The Hall–Kier alpha value is -0.500. The van der Waals surface area contributed by atoms with Gasteiger partial charge >= 0.3 is 0 Å². The van der Waals surface area contributed by atoms with Crippen molar-refractivity contribution in [2.24, 2.45) is 0 Å². The summed E-state index contributed by atoms with van der Waals surface area (Å²) in [6, 6.07) is 0. The fraction of sp³-hybridized carbons (Fsp3) is 0.778. The number of morpholine rings is 1. The van der Waals surface area contributed by atoms with Crippen molar-refractivity contribution in [1.29, 1.82) is 0 Å². The van der Waals surface area contributed by atoms with Crippen molar-refractivity contribution in [3.8, 4) is 0 Å². The van der Waals surface area contributed by atoms with Crippen molar-refractivity contribution < 1.29 is 4.74 Å². The van der Waals surface area contributed by atoms with Gasteiger partial charge < -0.3 is 9.64 Å². The van der Waals surface area contributed by atoms with Gasteiger partial charge in [0.05, 0.1) is 13.2 Å². The van der Waals surface area contributed by atoms with Crippen LogP contribution in [-0.2, 0) is 4.74 Å². The predicted molar refractivity (Wildman–Crippen MR) is 46.4 cm³/mol. The van der Waals surface area contributed by atoms with E-state index >= 15 is 0 Å². The second-order valence-electron chi connectivity index (χ2n) is 2.82. The van der Waals surface area contributed by atoms with E-state index in [0.717, 1.165) is 26.3 Å². The van der Waals surface area contributed by atoms with E-state index in [0.29, 0.717) is 0 Å². The third kappa shape index (κ3) is 3.42. The average molecular weight is 155 g/mol. The van der Waals surface area contributed by atoms with Crippen LogP contribution in [0.3, 0.4) is 0 Å². The van der Waals surface area contributed by atoms with Gasteiger partial charge in [0.25, 0.3) is 0 Å². The van der Waals surface area contributed by atoms with Gasteiger partial charge in [-0.05, 0) is 12.6 Å². The zero-order chi connectivity index (χ0) is 7.94. The molecule has 0 spiro atoms. The van der Waals surface area contributed by atoms with E-state index in [1.54, 1.807) is 0 Å². The van der Waals surface area contributed by atoms with Gasteiger partial charge in [0, 0.05) is 13.1 Å². The molecule has 1 aliphatic heterocycles. The van der Waals surface area contributed by atoms with Gasteiger partial charge in [-0.2, -0.15) is 0 Å². The molecule has 0 amide bonds. The second-order valence-corrected chi connectivity index (χ2v) is 2.82. The molecule has 0 atom stereocenters. The maximum Gasteiger partial charge on any atom is 0.0642 e. The molecule has 0 aromatic carbocycles. The minimum absolute atomic E-state index is 0.885. The summed E-state index contributed by atoms with van der Waals surface area (Å²) in [7, 11) is 0. The molecule has 0 aromatic heterocycles. The Balaban J connectivity index is 2.13. The molecular weight excluding hydrogens is 138 g/mol. The van der Waals surface area contributed by atoms with Gasteiger partial charge in [0.2, 0.25) is 0 Å². The summed E-state index contributed by atoms with van der Waals surface area (Å²) >= 11 is 0. The van der Waals surface area contributed by atoms with Crippen molar-refractivity contribution >= 4 is 0 Å². The minimum Gasteiger partial charge on any atom is -0.378 e. The molecule has 0 radical (unpaired) electrons. The summed E-state index contributed by atoms with van der Waals surface area (Å²) in [5, 5.41) is 0. The normalized spacial score (nSPS) is 19.5. The smallest absolute Gasteiger partial charge is 0.0642 e. The van der Waals surface area contributed by atoms with Gasteiger partial charge in [-0.25, -0.2) is 0 Å². The van der Waals surface area contributed by atoms with Crippen LogP contribution in [0, 0.1) is 0 Å². The van der Waals surface area contributed by atoms with Crippen LogP contribution in [-0.4, -0.2) is 31.2 Å². The summed E-state index contributed by atoms with van der Waals surface area (Å²) in [4.78, 5) is 2.32. The van der Waals surface area contributed by atoms with Crippen LogP contribution in [0.1, 0.15) is 19.8 Å². The van der Waals surface area contributed by atoms with Crippen LogP contribution in [0.5, 0.6) is 0 Å². The fourth-order valence-corrected chi connectivity index (χ4v) is 1.12. The highest BCUT2D eigenvalue weighted by Gasteiger charge is 2.03. The van der Waals surface area contributed by atoms with Crippen LogP contribution in [0.4, 0.5) is 0 Å². The minimum atomic E-state index is 0.885. The molecule has 0 N–H and O–H groups in total. The molecule has 11 heavy (non-hydrogen) atoms. The first kappa shape index (κ1) is 8.60. The predicted octanol–water partition coefficient (Wildman–Crippen LogP) is 1.63. The molecule has 2 heteroatoms. The monoisotopic (exact) mass is 155 g/mol. The summed E-state index contributed by atoms with van der Waals surface area (Å²) in [5.41, 5.74) is 0. The van der Waals surface area contributed by atoms with Crippen molar-refractivity contribution in [2.45, 2.75) is 19.8 Å². The van der Waals surface area contributed by atoms with Gasteiger partial charge in [0.15, 0.2) is 0 Å². The summed E-state index contributed by atoms with van der Waals surface area (Å²) in [6.07, 6.45) is 6.87. The van der Waals surface area contributed by atoms with E-state index in [-0.39, 0.29) is 0 Å². The third-order valence-electron chi connectivity index (χ3n) is 1.82. The summed E-state index contributed by atoms with van der Waals surface area (Å²) < 4.78 is 5.23. The number of unbranched alkanes of at least 4 members (excludes halogenated alkanes) is 1. The quantitative estimate of drug-likeness (QED) is 0.614. The lowest BCUT2D eigenvalue weighted by Gasteiger charge is -2.24. The van der Waals surface area contributed by atoms with E-state index in [4.69, 9.17) is 4.74 Å². The SMILES string of the molecule is CCC/C=C/N1CCOCC1. The maximum atomic E-state index is 5.23. The van der Waals surface area contributed by atoms with E-state index in [2.05, 4.69) is 24.1 Å². The number of hydrogen-bond acceptors (Lipinski definition) is 2. The van der Waals surface area contributed by atoms with Gasteiger partial charge in [-0.3, -0.25) is 0 Å². The van der Waals surface area contributed by atoms with Gasteiger partial charge in [-0.15, -0.1) is 0 Å². The van der Waals surface area contributed by atoms with E-state index in [1.165, 1.54) is 12.8 Å². The zero-order valence-corrected chi connectivity index (χ0v) is 7.25. The number of allylic oxidation sites excluding steroid dienone is 1. The van der Waals surface area contributed by atoms with Gasteiger partial charge in [0.1, 0.15) is 0 Å². The number of hydrogen-bond donors (Lipinski definition) is 0. The lowest BCUT2D eigenvalue weighted by atomic mass is 10.3. The number of nitrogens with zero attached hydrogens (tertiary/aromatic N) is 1. The van der Waals surface area contributed by atoms with Crippen molar-refractivity contribution in [2.75, 3.05) is 26.3 Å². The molecular formula is C9H17NO. The Morgan fingerprint density at radius 2 is 2.09 bits per heavy atom. The highest BCUT2D eigenvalue weighted by atomic mass is 16.5. The first-order chi connectivity index (χ1) is 5.43.